The average molecular weight is 484 g/mol. The number of benzene rings is 4. The normalized spacial score (nSPS) is 10.9. The molecule has 182 valence electrons. The van der Waals surface area contributed by atoms with Crippen molar-refractivity contribution in [3.05, 3.63) is 112 Å². The molecule has 0 aliphatic heterocycles. The Morgan fingerprint density at radius 1 is 0.972 bits per heavy atom. The van der Waals surface area contributed by atoms with Gasteiger partial charge in [-0.15, -0.1) is 0 Å². The van der Waals surface area contributed by atoms with E-state index >= 15 is 0 Å². The molecule has 1 amide bonds. The molecular weight excluding hydrogens is 458 g/mol. The summed E-state index contributed by atoms with van der Waals surface area (Å²) < 4.78 is 11.6. The summed E-state index contributed by atoms with van der Waals surface area (Å²) in [7, 11) is 0. The fourth-order valence-electron chi connectivity index (χ4n) is 3.55. The van der Waals surface area contributed by atoms with E-state index in [4.69, 9.17) is 9.47 Å². The van der Waals surface area contributed by atoms with Crippen LogP contribution in [0.3, 0.4) is 0 Å². The topological polar surface area (TPSA) is 103 Å². The number of rotatable bonds is 10. The quantitative estimate of drug-likeness (QED) is 0.172. The Morgan fingerprint density at radius 2 is 1.72 bits per heavy atom. The van der Waals surface area contributed by atoms with Crippen molar-refractivity contribution < 1.29 is 19.2 Å². The summed E-state index contributed by atoms with van der Waals surface area (Å²) in [6.45, 7) is 2.87. The average Bonchev–Trinajstić information content (AvgIpc) is 2.91. The van der Waals surface area contributed by atoms with Crippen LogP contribution in [0, 0.1) is 10.1 Å². The van der Waals surface area contributed by atoms with Gasteiger partial charge >= 0.3 is 0 Å². The first kappa shape index (κ1) is 24.4. The summed E-state index contributed by atoms with van der Waals surface area (Å²) >= 11 is 0. The number of carbonyl (C=O) groups excluding carboxylic acids is 1. The summed E-state index contributed by atoms with van der Waals surface area (Å²) in [5, 5.41) is 17.0. The molecule has 0 radical (unpaired) electrons. The maximum atomic E-state index is 12.6. The minimum absolute atomic E-state index is 0.0242. The van der Waals surface area contributed by atoms with Crippen LogP contribution >= 0.6 is 0 Å². The fourth-order valence-corrected chi connectivity index (χ4v) is 3.55. The van der Waals surface area contributed by atoms with Gasteiger partial charge in [0.05, 0.1) is 17.7 Å². The molecule has 0 heterocycles. The van der Waals surface area contributed by atoms with E-state index in [0.717, 1.165) is 22.8 Å². The van der Waals surface area contributed by atoms with Crippen molar-refractivity contribution in [3.63, 3.8) is 0 Å². The Balaban J connectivity index is 1.50. The standard InChI is InChI=1S/C28H25N3O5/c1-2-17-35-24-14-9-22(10-15-24)28(32)30-29-18-26-25-6-4-3-5-21(25)11-16-27(26)36-19-20-7-12-23(13-8-20)31(33)34/h3-16,18H,2,17,19H2,1H3,(H,30,32)/b29-18-. The molecule has 8 heteroatoms. The second kappa shape index (κ2) is 11.6. The molecular formula is C28H25N3O5. The van der Waals surface area contributed by atoms with Crippen LogP contribution in [-0.4, -0.2) is 23.7 Å². The molecule has 1 N–H and O–H groups in total. The number of hydrogen-bond acceptors (Lipinski definition) is 6. The van der Waals surface area contributed by atoms with Gasteiger partial charge in [-0.3, -0.25) is 14.9 Å². The van der Waals surface area contributed by atoms with Gasteiger partial charge in [-0.25, -0.2) is 5.43 Å². The van der Waals surface area contributed by atoms with Gasteiger partial charge in [0.25, 0.3) is 11.6 Å². The largest absolute Gasteiger partial charge is 0.494 e. The number of nitro groups is 1. The molecule has 8 nitrogen and oxygen atoms in total. The van der Waals surface area contributed by atoms with E-state index in [-0.39, 0.29) is 18.2 Å². The molecule has 36 heavy (non-hydrogen) atoms. The minimum Gasteiger partial charge on any atom is -0.494 e. The molecule has 0 spiro atoms. The monoisotopic (exact) mass is 483 g/mol. The van der Waals surface area contributed by atoms with Gasteiger partial charge in [-0.05, 0) is 65.2 Å². The van der Waals surface area contributed by atoms with Crippen LogP contribution in [0.25, 0.3) is 10.8 Å². The summed E-state index contributed by atoms with van der Waals surface area (Å²) in [5.41, 5.74) is 4.54. The lowest BCUT2D eigenvalue weighted by Gasteiger charge is -2.12. The number of nitro benzene ring substituents is 1. The van der Waals surface area contributed by atoms with Gasteiger partial charge in [-0.1, -0.05) is 37.3 Å². The maximum Gasteiger partial charge on any atom is 0.271 e. The highest BCUT2D eigenvalue weighted by atomic mass is 16.6. The molecule has 4 aromatic carbocycles. The van der Waals surface area contributed by atoms with Crippen LogP contribution in [0.4, 0.5) is 5.69 Å². The van der Waals surface area contributed by atoms with Gasteiger partial charge in [0.1, 0.15) is 18.1 Å². The van der Waals surface area contributed by atoms with E-state index in [0.29, 0.717) is 29.2 Å². The first-order valence-electron chi connectivity index (χ1n) is 11.5. The summed E-state index contributed by atoms with van der Waals surface area (Å²) in [4.78, 5) is 23.0. The number of nitrogens with zero attached hydrogens (tertiary/aromatic N) is 2. The van der Waals surface area contributed by atoms with Crippen molar-refractivity contribution in [2.24, 2.45) is 5.10 Å². The third kappa shape index (κ3) is 6.04. The predicted molar refractivity (Wildman–Crippen MR) is 139 cm³/mol. The number of amides is 1. The lowest BCUT2D eigenvalue weighted by Crippen LogP contribution is -2.17. The van der Waals surface area contributed by atoms with Crippen LogP contribution in [0.15, 0.2) is 90.0 Å². The summed E-state index contributed by atoms with van der Waals surface area (Å²) in [6, 6.07) is 24.7. The van der Waals surface area contributed by atoms with Crippen LogP contribution in [0.5, 0.6) is 11.5 Å². The van der Waals surface area contributed by atoms with Crippen LogP contribution in [0.1, 0.15) is 34.8 Å². The highest BCUT2D eigenvalue weighted by Gasteiger charge is 2.10. The first-order chi connectivity index (χ1) is 17.5. The molecule has 0 bridgehead atoms. The molecule has 0 unspecified atom stereocenters. The van der Waals surface area contributed by atoms with E-state index in [2.05, 4.69) is 10.5 Å². The molecule has 0 aromatic heterocycles. The number of carbonyl (C=O) groups is 1. The molecule has 0 aliphatic rings. The molecule has 0 fully saturated rings. The molecule has 4 aromatic rings. The van der Waals surface area contributed by atoms with Crippen molar-refractivity contribution in [3.8, 4) is 11.5 Å². The van der Waals surface area contributed by atoms with Crippen LogP contribution in [-0.2, 0) is 6.61 Å². The van der Waals surface area contributed by atoms with E-state index in [9.17, 15) is 14.9 Å². The lowest BCUT2D eigenvalue weighted by atomic mass is 10.0. The summed E-state index contributed by atoms with van der Waals surface area (Å²) in [6.07, 6.45) is 2.47. The number of hydrogen-bond donors (Lipinski definition) is 1. The Hall–Kier alpha value is -4.72. The van der Waals surface area contributed by atoms with Gasteiger partial charge < -0.3 is 9.47 Å². The van der Waals surface area contributed by atoms with Crippen molar-refractivity contribution in [2.75, 3.05) is 6.61 Å². The van der Waals surface area contributed by atoms with Gasteiger partial charge in [0, 0.05) is 23.3 Å². The van der Waals surface area contributed by atoms with Crippen LogP contribution < -0.4 is 14.9 Å². The van der Waals surface area contributed by atoms with E-state index in [1.165, 1.54) is 12.1 Å². The van der Waals surface area contributed by atoms with E-state index in [1.807, 2.05) is 43.3 Å². The second-order valence-corrected chi connectivity index (χ2v) is 7.98. The summed E-state index contributed by atoms with van der Waals surface area (Å²) in [5.74, 6) is 0.937. The minimum atomic E-state index is -0.439. The first-order valence-corrected chi connectivity index (χ1v) is 11.5. The fraction of sp³-hybridized carbons (Fsp3) is 0.143. The Bertz CT molecular complexity index is 1380. The smallest absolute Gasteiger partial charge is 0.271 e. The zero-order chi connectivity index (χ0) is 25.3. The lowest BCUT2D eigenvalue weighted by molar-refractivity contribution is -0.384. The van der Waals surface area contributed by atoms with Crippen molar-refractivity contribution in [1.82, 2.24) is 5.43 Å². The van der Waals surface area contributed by atoms with E-state index in [1.54, 1.807) is 42.6 Å². The third-order valence-corrected chi connectivity index (χ3v) is 5.42. The Morgan fingerprint density at radius 3 is 2.44 bits per heavy atom. The molecule has 0 saturated carbocycles. The number of nitrogens with one attached hydrogen (secondary N) is 1. The number of ether oxygens (including phenoxy) is 2. The predicted octanol–water partition coefficient (Wildman–Crippen LogP) is 5.88. The van der Waals surface area contributed by atoms with Gasteiger partial charge in [0.15, 0.2) is 0 Å². The zero-order valence-electron chi connectivity index (χ0n) is 19.7. The number of fused-ring (bicyclic) bond motifs is 1. The SMILES string of the molecule is CCCOc1ccc(C(=O)N/N=C\c2c(OCc3ccc([N+](=O)[O-])cc3)ccc3ccccc23)cc1. The maximum absolute atomic E-state index is 12.6. The van der Waals surface area contributed by atoms with Crippen LogP contribution in [0.2, 0.25) is 0 Å². The zero-order valence-corrected chi connectivity index (χ0v) is 19.7. The number of non-ortho nitro benzene ring substituents is 1. The van der Waals surface area contributed by atoms with Crippen molar-refractivity contribution >= 4 is 28.6 Å². The van der Waals surface area contributed by atoms with Gasteiger partial charge in [-0.2, -0.15) is 5.10 Å². The second-order valence-electron chi connectivity index (χ2n) is 7.98. The third-order valence-electron chi connectivity index (χ3n) is 5.42. The Labute approximate surface area is 208 Å². The highest BCUT2D eigenvalue weighted by Crippen LogP contribution is 2.27. The molecule has 0 saturated heterocycles. The van der Waals surface area contributed by atoms with Gasteiger partial charge in [0.2, 0.25) is 0 Å². The molecule has 0 aliphatic carbocycles. The van der Waals surface area contributed by atoms with Crippen molar-refractivity contribution in [2.45, 2.75) is 20.0 Å². The molecule has 4 rings (SSSR count). The number of hydrazone groups is 1. The van der Waals surface area contributed by atoms with Crippen molar-refractivity contribution in [1.29, 1.82) is 0 Å². The van der Waals surface area contributed by atoms with E-state index < -0.39 is 4.92 Å². The Kier molecular flexibility index (Phi) is 7.87. The highest BCUT2D eigenvalue weighted by molar-refractivity contribution is 6.03. The molecule has 0 atom stereocenters.